The van der Waals surface area contributed by atoms with E-state index in [0.717, 1.165) is 16.9 Å². The molecule has 0 saturated heterocycles. The Bertz CT molecular complexity index is 1720. The van der Waals surface area contributed by atoms with Crippen LogP contribution in [0.2, 0.25) is 0 Å². The van der Waals surface area contributed by atoms with Crippen LogP contribution < -0.4 is 0 Å². The average Bonchev–Trinajstić information content (AvgIpc) is 3.28. The summed E-state index contributed by atoms with van der Waals surface area (Å²) in [5.74, 6) is 0.958. The molecule has 34 heavy (non-hydrogen) atoms. The fourth-order valence-electron chi connectivity index (χ4n) is 5.58. The fourth-order valence-corrected chi connectivity index (χ4v) is 5.58. The minimum atomic E-state index is -0.152. The highest BCUT2D eigenvalue weighted by Crippen LogP contribution is 2.47. The van der Waals surface area contributed by atoms with Crippen LogP contribution in [0.1, 0.15) is 25.0 Å². The lowest BCUT2D eigenvalue weighted by molar-refractivity contribution is 0.629. The van der Waals surface area contributed by atoms with Gasteiger partial charge >= 0.3 is 0 Å². The molecule has 7 rings (SSSR count). The number of nitrogens with zero attached hydrogens (tertiary/aromatic N) is 3. The zero-order valence-corrected chi connectivity index (χ0v) is 19.2. The van der Waals surface area contributed by atoms with Crippen LogP contribution in [-0.4, -0.2) is 14.5 Å². The molecule has 0 atom stereocenters. The lowest BCUT2D eigenvalue weighted by Crippen LogP contribution is -2.26. The molecule has 0 radical (unpaired) electrons. The van der Waals surface area contributed by atoms with Crippen molar-refractivity contribution in [3.05, 3.63) is 115 Å². The molecule has 0 unspecified atom stereocenters. The van der Waals surface area contributed by atoms with E-state index in [4.69, 9.17) is 4.98 Å². The molecule has 1 aliphatic rings. The quantitative estimate of drug-likeness (QED) is 0.280. The van der Waals surface area contributed by atoms with Gasteiger partial charge in [0.1, 0.15) is 5.82 Å². The SMILES string of the molecule is CC1(C)c2cc(-c3cccc4ccccc34)ccc2-n2c(-c3ccncc3)nc3cccc1c32. The van der Waals surface area contributed by atoms with E-state index in [1.807, 2.05) is 24.5 Å². The first kappa shape index (κ1) is 19.2. The summed E-state index contributed by atoms with van der Waals surface area (Å²) in [4.78, 5) is 9.29. The second-order valence-electron chi connectivity index (χ2n) is 9.56. The molecular formula is C31H23N3. The highest BCUT2D eigenvalue weighted by atomic mass is 15.1. The molecule has 0 fully saturated rings. The second kappa shape index (κ2) is 6.88. The Morgan fingerprint density at radius 1 is 0.706 bits per heavy atom. The van der Waals surface area contributed by atoms with Crippen LogP contribution in [0.5, 0.6) is 0 Å². The topological polar surface area (TPSA) is 30.7 Å². The van der Waals surface area contributed by atoms with Crippen molar-refractivity contribution in [1.82, 2.24) is 14.5 Å². The third-order valence-corrected chi connectivity index (χ3v) is 7.30. The summed E-state index contributed by atoms with van der Waals surface area (Å²) in [5, 5.41) is 2.54. The van der Waals surface area contributed by atoms with E-state index in [1.165, 1.54) is 44.2 Å². The predicted octanol–water partition coefficient (Wildman–Crippen LogP) is 7.55. The number of hydrogen-bond acceptors (Lipinski definition) is 2. The fraction of sp³-hybridized carbons (Fsp3) is 0.0968. The molecule has 0 aliphatic carbocycles. The van der Waals surface area contributed by atoms with Crippen LogP contribution in [0, 0.1) is 0 Å². The molecular weight excluding hydrogens is 414 g/mol. The zero-order valence-electron chi connectivity index (χ0n) is 19.2. The molecule has 0 saturated carbocycles. The number of pyridine rings is 1. The summed E-state index contributed by atoms with van der Waals surface area (Å²) in [6.45, 7) is 4.66. The monoisotopic (exact) mass is 437 g/mol. The highest BCUT2D eigenvalue weighted by molar-refractivity contribution is 5.97. The molecule has 1 aliphatic heterocycles. The Balaban J connectivity index is 1.54. The third kappa shape index (κ3) is 2.58. The number of fused-ring (bicyclic) bond motifs is 3. The standard InChI is InChI=1S/C31H23N3/c1-31(2)25-11-6-12-27-29(25)34(30(33-27)21-15-17-32-18-16-21)28-14-13-22(19-26(28)31)24-10-5-8-20-7-3-4-9-23(20)24/h3-19H,1-2H3. The maximum atomic E-state index is 5.08. The number of aromatic nitrogens is 3. The van der Waals surface area contributed by atoms with E-state index in [1.54, 1.807) is 0 Å². The smallest absolute Gasteiger partial charge is 0.145 e. The van der Waals surface area contributed by atoms with Crippen molar-refractivity contribution in [3.8, 4) is 28.2 Å². The Labute approximate surface area is 198 Å². The van der Waals surface area contributed by atoms with Gasteiger partial charge in [0.05, 0.1) is 16.7 Å². The first-order valence-electron chi connectivity index (χ1n) is 11.7. The molecule has 0 amide bonds. The first-order valence-corrected chi connectivity index (χ1v) is 11.7. The van der Waals surface area contributed by atoms with Gasteiger partial charge in [0.15, 0.2) is 0 Å². The van der Waals surface area contributed by atoms with Gasteiger partial charge in [-0.3, -0.25) is 9.55 Å². The normalized spacial score (nSPS) is 13.8. The van der Waals surface area contributed by atoms with Crippen LogP contribution in [0.25, 0.3) is 50.0 Å². The van der Waals surface area contributed by atoms with Crippen LogP contribution in [-0.2, 0) is 5.41 Å². The van der Waals surface area contributed by atoms with E-state index < -0.39 is 0 Å². The summed E-state index contributed by atoms with van der Waals surface area (Å²) in [6.07, 6.45) is 3.67. The summed E-state index contributed by atoms with van der Waals surface area (Å²) < 4.78 is 2.34. The highest BCUT2D eigenvalue weighted by Gasteiger charge is 2.36. The molecule has 0 spiro atoms. The van der Waals surface area contributed by atoms with Crippen molar-refractivity contribution in [2.75, 3.05) is 0 Å². The van der Waals surface area contributed by atoms with E-state index in [0.29, 0.717) is 0 Å². The molecule has 4 aromatic carbocycles. The maximum absolute atomic E-state index is 5.08. The van der Waals surface area contributed by atoms with E-state index >= 15 is 0 Å². The molecule has 2 aromatic heterocycles. The zero-order chi connectivity index (χ0) is 22.9. The van der Waals surface area contributed by atoms with Crippen LogP contribution >= 0.6 is 0 Å². The summed E-state index contributed by atoms with van der Waals surface area (Å²) in [6, 6.07) is 32.7. The maximum Gasteiger partial charge on any atom is 0.145 e. The minimum absolute atomic E-state index is 0.152. The van der Waals surface area contributed by atoms with Crippen molar-refractivity contribution >= 4 is 21.8 Å². The second-order valence-corrected chi connectivity index (χ2v) is 9.56. The van der Waals surface area contributed by atoms with Crippen molar-refractivity contribution < 1.29 is 0 Å². The minimum Gasteiger partial charge on any atom is -0.292 e. The molecule has 6 aromatic rings. The lowest BCUT2D eigenvalue weighted by atomic mass is 9.74. The Kier molecular flexibility index (Phi) is 3.89. The van der Waals surface area contributed by atoms with Gasteiger partial charge in [-0.1, -0.05) is 74.5 Å². The number of benzene rings is 4. The van der Waals surface area contributed by atoms with E-state index in [-0.39, 0.29) is 5.41 Å². The molecule has 0 bridgehead atoms. The van der Waals surface area contributed by atoms with Crippen molar-refractivity contribution in [1.29, 1.82) is 0 Å². The van der Waals surface area contributed by atoms with Crippen molar-refractivity contribution in [2.45, 2.75) is 19.3 Å². The summed E-state index contributed by atoms with van der Waals surface area (Å²) in [7, 11) is 0. The predicted molar refractivity (Wildman–Crippen MR) is 139 cm³/mol. The number of para-hydroxylation sites is 1. The molecule has 3 nitrogen and oxygen atoms in total. The van der Waals surface area contributed by atoms with Gasteiger partial charge in [0, 0.05) is 23.4 Å². The van der Waals surface area contributed by atoms with Gasteiger partial charge in [-0.05, 0) is 63.4 Å². The Morgan fingerprint density at radius 3 is 2.38 bits per heavy atom. The van der Waals surface area contributed by atoms with Crippen LogP contribution in [0.15, 0.2) is 103 Å². The van der Waals surface area contributed by atoms with Gasteiger partial charge < -0.3 is 0 Å². The van der Waals surface area contributed by atoms with Gasteiger partial charge in [-0.25, -0.2) is 4.98 Å². The van der Waals surface area contributed by atoms with Gasteiger partial charge in [0.2, 0.25) is 0 Å². The van der Waals surface area contributed by atoms with Gasteiger partial charge in [0.25, 0.3) is 0 Å². The van der Waals surface area contributed by atoms with Gasteiger partial charge in [-0.2, -0.15) is 0 Å². The molecule has 0 N–H and O–H groups in total. The molecule has 3 heterocycles. The number of rotatable bonds is 2. The number of hydrogen-bond donors (Lipinski definition) is 0. The van der Waals surface area contributed by atoms with Crippen molar-refractivity contribution in [2.24, 2.45) is 0 Å². The first-order chi connectivity index (χ1) is 16.6. The average molecular weight is 438 g/mol. The van der Waals surface area contributed by atoms with Gasteiger partial charge in [-0.15, -0.1) is 0 Å². The van der Waals surface area contributed by atoms with E-state index in [9.17, 15) is 0 Å². The molecule has 3 heteroatoms. The summed E-state index contributed by atoms with van der Waals surface area (Å²) in [5.41, 5.74) is 9.46. The van der Waals surface area contributed by atoms with Crippen LogP contribution in [0.4, 0.5) is 0 Å². The largest absolute Gasteiger partial charge is 0.292 e. The summed E-state index contributed by atoms with van der Waals surface area (Å²) >= 11 is 0. The Morgan fingerprint density at radius 2 is 1.50 bits per heavy atom. The third-order valence-electron chi connectivity index (χ3n) is 7.30. The van der Waals surface area contributed by atoms with E-state index in [2.05, 4.69) is 102 Å². The van der Waals surface area contributed by atoms with Crippen molar-refractivity contribution in [3.63, 3.8) is 0 Å². The number of imidazole rings is 1. The van der Waals surface area contributed by atoms with Crippen LogP contribution in [0.3, 0.4) is 0 Å². The Hall–Kier alpha value is -4.24. The molecule has 162 valence electrons. The lowest BCUT2D eigenvalue weighted by Gasteiger charge is -2.35.